The lowest BCUT2D eigenvalue weighted by molar-refractivity contribution is -0.140. The third kappa shape index (κ3) is 8.38. The Kier molecular flexibility index (Phi) is 10.1. The number of anilines is 2. The molecule has 0 spiro atoms. The normalized spacial score (nSPS) is 12.1. The summed E-state index contributed by atoms with van der Waals surface area (Å²) in [6.45, 7) is 10.7. The average molecular weight is 596 g/mol. The molecule has 0 aliphatic heterocycles. The molecule has 0 radical (unpaired) electrons. The summed E-state index contributed by atoms with van der Waals surface area (Å²) in [7, 11) is -4.29. The van der Waals surface area contributed by atoms with Crippen LogP contribution >= 0.6 is 0 Å². The van der Waals surface area contributed by atoms with Gasteiger partial charge in [-0.25, -0.2) is 22.5 Å². The van der Waals surface area contributed by atoms with Crippen molar-refractivity contribution in [2.45, 2.75) is 63.8 Å². The van der Waals surface area contributed by atoms with E-state index in [2.05, 4.69) is 44.8 Å². The average Bonchev–Trinajstić information content (AvgIpc) is 3.28. The molecule has 0 atom stereocenters. The number of methoxy groups -OCH3 is 1. The number of rotatable bonds is 13. The number of hydrogen-bond acceptors (Lipinski definition) is 9. The van der Waals surface area contributed by atoms with Crippen LogP contribution in [-0.4, -0.2) is 61.7 Å². The van der Waals surface area contributed by atoms with E-state index in [4.69, 9.17) is 4.74 Å². The number of carbonyl (C=O) groups is 1. The van der Waals surface area contributed by atoms with Crippen molar-refractivity contribution in [1.29, 1.82) is 0 Å². The number of benzene rings is 1. The van der Waals surface area contributed by atoms with Crippen LogP contribution < -0.4 is 5.32 Å². The number of pyridine rings is 1. The van der Waals surface area contributed by atoms with Gasteiger partial charge in [0.1, 0.15) is 12.5 Å². The summed E-state index contributed by atoms with van der Waals surface area (Å²) in [5.74, 6) is -2.64. The first-order valence-corrected chi connectivity index (χ1v) is 18.1. The first kappa shape index (κ1) is 31.3. The Morgan fingerprint density at radius 1 is 1.18 bits per heavy atom. The van der Waals surface area contributed by atoms with Crippen LogP contribution in [0.2, 0.25) is 25.7 Å². The maximum Gasteiger partial charge on any atom is 0.306 e. The molecule has 1 N–H and O–H groups in total. The summed E-state index contributed by atoms with van der Waals surface area (Å²) >= 11 is 0. The number of halogens is 2. The molecule has 0 fully saturated rings. The fraction of sp³-hybridized carbons (Fsp3) is 0.462. The van der Waals surface area contributed by atoms with Gasteiger partial charge in [-0.15, -0.1) is 5.10 Å². The fourth-order valence-corrected chi connectivity index (χ4v) is 5.53. The largest absolute Gasteiger partial charge is 0.469 e. The van der Waals surface area contributed by atoms with Gasteiger partial charge in [0, 0.05) is 32.5 Å². The van der Waals surface area contributed by atoms with Crippen molar-refractivity contribution in [1.82, 2.24) is 19.7 Å². The first-order chi connectivity index (χ1) is 18.7. The molecule has 2 heterocycles. The van der Waals surface area contributed by atoms with E-state index in [9.17, 15) is 22.0 Å². The van der Waals surface area contributed by atoms with Gasteiger partial charge in [0.2, 0.25) is 21.7 Å². The Balaban J connectivity index is 2.08. The third-order valence-electron chi connectivity index (χ3n) is 5.97. The van der Waals surface area contributed by atoms with Crippen LogP contribution in [0.4, 0.5) is 20.4 Å². The van der Waals surface area contributed by atoms with Crippen molar-refractivity contribution in [3.05, 3.63) is 47.8 Å². The van der Waals surface area contributed by atoms with Crippen LogP contribution in [0.1, 0.15) is 31.7 Å². The quantitative estimate of drug-likeness (QED) is 0.124. The summed E-state index contributed by atoms with van der Waals surface area (Å²) in [6.07, 6.45) is 0.908. The summed E-state index contributed by atoms with van der Waals surface area (Å²) in [6, 6.07) is 6.20. The van der Waals surface area contributed by atoms with Gasteiger partial charge in [-0.1, -0.05) is 33.5 Å². The number of esters is 1. The van der Waals surface area contributed by atoms with Gasteiger partial charge in [0.15, 0.2) is 0 Å². The van der Waals surface area contributed by atoms with Gasteiger partial charge < -0.3 is 14.8 Å². The number of aromatic nitrogens is 4. The van der Waals surface area contributed by atoms with E-state index >= 15 is 0 Å². The smallest absolute Gasteiger partial charge is 0.306 e. The number of nitrogens with one attached hydrogen (secondary N) is 1. The number of ether oxygens (including phenoxy) is 2. The molecule has 0 aliphatic carbocycles. The van der Waals surface area contributed by atoms with Crippen LogP contribution in [0.3, 0.4) is 0 Å². The zero-order valence-electron chi connectivity index (χ0n) is 23.5. The van der Waals surface area contributed by atoms with Gasteiger partial charge >= 0.3 is 5.97 Å². The maximum absolute atomic E-state index is 14.7. The van der Waals surface area contributed by atoms with Crippen molar-refractivity contribution in [3.63, 3.8) is 0 Å². The number of sulfone groups is 1. The minimum Gasteiger partial charge on any atom is -0.469 e. The van der Waals surface area contributed by atoms with Crippen molar-refractivity contribution in [2.24, 2.45) is 0 Å². The van der Waals surface area contributed by atoms with Gasteiger partial charge in [-0.05, 0) is 41.3 Å². The second kappa shape index (κ2) is 13.0. The molecule has 3 aromatic rings. The van der Waals surface area contributed by atoms with Crippen molar-refractivity contribution < 1.29 is 31.5 Å². The second-order valence-corrected chi connectivity index (χ2v) is 18.4. The Hall–Kier alpha value is -3.23. The molecule has 14 heteroatoms. The predicted octanol–water partition coefficient (Wildman–Crippen LogP) is 5.13. The number of carbonyl (C=O) groups excluding carboxylic acids is 1. The van der Waals surface area contributed by atoms with Crippen LogP contribution in [0.5, 0.6) is 0 Å². The molecule has 40 heavy (non-hydrogen) atoms. The maximum atomic E-state index is 14.7. The zero-order valence-corrected chi connectivity index (χ0v) is 25.3. The topological polar surface area (TPSA) is 125 Å². The van der Waals surface area contributed by atoms with Gasteiger partial charge in [-0.2, -0.15) is 9.37 Å². The molecule has 1 aromatic carbocycles. The number of nitrogens with zero attached hydrogens (tertiary/aromatic N) is 4. The van der Waals surface area contributed by atoms with E-state index in [1.165, 1.54) is 36.2 Å². The Bertz CT molecular complexity index is 1460. The molecular formula is C26H35F2N5O5SSi. The van der Waals surface area contributed by atoms with Crippen LogP contribution in [0.25, 0.3) is 11.1 Å². The lowest BCUT2D eigenvalue weighted by Gasteiger charge is -2.20. The minimum atomic E-state index is -4.06. The molecule has 2 aromatic heterocycles. The monoisotopic (exact) mass is 595 g/mol. The van der Waals surface area contributed by atoms with Crippen LogP contribution in [0, 0.1) is 11.8 Å². The van der Waals surface area contributed by atoms with E-state index in [0.29, 0.717) is 29.0 Å². The molecule has 0 aliphatic rings. The third-order valence-corrected chi connectivity index (χ3v) is 9.15. The van der Waals surface area contributed by atoms with Crippen molar-refractivity contribution in [3.8, 4) is 11.1 Å². The first-order valence-electron chi connectivity index (χ1n) is 12.7. The Morgan fingerprint density at radius 2 is 1.90 bits per heavy atom. The summed E-state index contributed by atoms with van der Waals surface area (Å²) in [4.78, 5) is 19.4. The van der Waals surface area contributed by atoms with Gasteiger partial charge in [0.05, 0.1) is 25.0 Å². The molecule has 0 bridgehead atoms. The molecular weight excluding hydrogens is 560 g/mol. The van der Waals surface area contributed by atoms with Crippen LogP contribution in [-0.2, 0) is 30.8 Å². The van der Waals surface area contributed by atoms with Crippen molar-refractivity contribution in [2.75, 3.05) is 24.8 Å². The highest BCUT2D eigenvalue weighted by Crippen LogP contribution is 2.37. The minimum absolute atomic E-state index is 0.0222. The van der Waals surface area contributed by atoms with Gasteiger partial charge in [-0.3, -0.25) is 4.79 Å². The van der Waals surface area contributed by atoms with E-state index in [1.54, 1.807) is 6.07 Å². The van der Waals surface area contributed by atoms with E-state index < -0.39 is 46.6 Å². The van der Waals surface area contributed by atoms with E-state index in [-0.39, 0.29) is 25.0 Å². The molecule has 0 saturated carbocycles. The Morgan fingerprint density at radius 3 is 2.52 bits per heavy atom. The molecule has 10 nitrogen and oxygen atoms in total. The molecule has 3 rings (SSSR count). The summed E-state index contributed by atoms with van der Waals surface area (Å²) in [5, 5.41) is 6.78. The SMILES string of the molecule is COC(=O)CCS(=O)(=O)c1nc(Nc2c(-c3ccnc(F)c3)cc(F)cc2C(C)C)n(COCC[Si](C)(C)C)n1. The lowest BCUT2D eigenvalue weighted by atomic mass is 9.94. The second-order valence-electron chi connectivity index (χ2n) is 10.8. The highest BCUT2D eigenvalue weighted by Gasteiger charge is 2.26. The molecule has 0 saturated heterocycles. The Labute approximate surface area is 234 Å². The fourth-order valence-electron chi connectivity index (χ4n) is 3.71. The summed E-state index contributed by atoms with van der Waals surface area (Å²) in [5.41, 5.74) is 1.64. The molecule has 218 valence electrons. The molecule has 0 unspecified atom stereocenters. The predicted molar refractivity (Wildman–Crippen MR) is 150 cm³/mol. The standard InChI is InChI=1S/C26H35F2N5O5SSi/c1-17(2)20-14-19(27)15-21(18-7-9-29-22(28)13-18)24(20)30-25-31-26(39(35,36)11-8-23(34)37-3)32-33(25)16-38-10-12-40(4,5)6/h7,9,13-15,17H,8,10-12,16H2,1-6H3,(H,30,31,32). The molecule has 0 amide bonds. The van der Waals surface area contributed by atoms with E-state index in [1.807, 2.05) is 13.8 Å². The number of hydrogen-bond donors (Lipinski definition) is 1. The van der Waals surface area contributed by atoms with Gasteiger partial charge in [0.25, 0.3) is 5.16 Å². The van der Waals surface area contributed by atoms with Crippen LogP contribution in [0.15, 0.2) is 35.6 Å². The summed E-state index contributed by atoms with van der Waals surface area (Å²) < 4.78 is 66.3. The highest BCUT2D eigenvalue weighted by atomic mass is 32.2. The van der Waals surface area contributed by atoms with Crippen molar-refractivity contribution >= 4 is 35.5 Å². The van der Waals surface area contributed by atoms with E-state index in [0.717, 1.165) is 6.04 Å². The lowest BCUT2D eigenvalue weighted by Crippen LogP contribution is -2.22. The zero-order chi connectivity index (χ0) is 29.7. The highest BCUT2D eigenvalue weighted by molar-refractivity contribution is 7.91.